The average Bonchev–Trinajstić information content (AvgIpc) is 2.81. The molecule has 3 aromatic rings. The van der Waals surface area contributed by atoms with E-state index in [2.05, 4.69) is 5.32 Å². The minimum absolute atomic E-state index is 0.218. The zero-order valence-electron chi connectivity index (χ0n) is 17.9. The average molecular weight is 454 g/mol. The fourth-order valence-electron chi connectivity index (χ4n) is 4.14. The second kappa shape index (κ2) is 8.61. The molecule has 2 unspecified atom stereocenters. The van der Waals surface area contributed by atoms with Gasteiger partial charge in [0, 0.05) is 18.3 Å². The Morgan fingerprint density at radius 1 is 0.970 bits per heavy atom. The van der Waals surface area contributed by atoms with Crippen LogP contribution in [0, 0.1) is 0 Å². The van der Waals surface area contributed by atoms with Crippen molar-refractivity contribution in [2.75, 3.05) is 19.5 Å². The summed E-state index contributed by atoms with van der Waals surface area (Å²) in [5, 5.41) is 2.72. The molecule has 0 saturated heterocycles. The number of hydrogen-bond acceptors (Lipinski definition) is 3. The van der Waals surface area contributed by atoms with Crippen molar-refractivity contribution < 1.29 is 27.5 Å². The third kappa shape index (κ3) is 4.28. The summed E-state index contributed by atoms with van der Waals surface area (Å²) in [5.74, 6) is -0.790. The van der Waals surface area contributed by atoms with Gasteiger partial charge in [-0.05, 0) is 53.6 Å². The van der Waals surface area contributed by atoms with E-state index >= 15 is 0 Å². The van der Waals surface area contributed by atoms with Gasteiger partial charge in [-0.25, -0.2) is 0 Å². The maximum absolute atomic E-state index is 13.5. The molecule has 5 nitrogen and oxygen atoms in total. The van der Waals surface area contributed by atoms with Crippen molar-refractivity contribution in [2.24, 2.45) is 0 Å². The van der Waals surface area contributed by atoms with Crippen LogP contribution in [0.5, 0.6) is 5.75 Å². The lowest BCUT2D eigenvalue weighted by molar-refractivity contribution is -0.137. The number of carbonyl (C=O) groups is 2. The molecule has 0 bridgehead atoms. The van der Waals surface area contributed by atoms with Gasteiger partial charge in [0.05, 0.1) is 24.6 Å². The summed E-state index contributed by atoms with van der Waals surface area (Å²) < 4.78 is 43.8. The Bertz CT molecular complexity index is 1170. The minimum Gasteiger partial charge on any atom is -0.497 e. The normalized spacial score (nSPS) is 18.0. The number of carbonyl (C=O) groups excluding carboxylic acids is 2. The summed E-state index contributed by atoms with van der Waals surface area (Å²) in [6.07, 6.45) is -4.46. The van der Waals surface area contributed by atoms with Crippen molar-refractivity contribution in [3.05, 3.63) is 95.1 Å². The second-order valence-electron chi connectivity index (χ2n) is 7.76. The summed E-state index contributed by atoms with van der Waals surface area (Å²) in [6, 6.07) is 17.6. The molecule has 33 heavy (non-hydrogen) atoms. The lowest BCUT2D eigenvalue weighted by Gasteiger charge is -2.39. The molecule has 2 atom stereocenters. The predicted molar refractivity (Wildman–Crippen MR) is 117 cm³/mol. The van der Waals surface area contributed by atoms with Gasteiger partial charge in [0.1, 0.15) is 5.75 Å². The van der Waals surface area contributed by atoms with Crippen molar-refractivity contribution in [3.63, 3.8) is 0 Å². The molecule has 0 radical (unpaired) electrons. The smallest absolute Gasteiger partial charge is 0.416 e. The highest BCUT2D eigenvalue weighted by Crippen LogP contribution is 2.43. The van der Waals surface area contributed by atoms with Crippen LogP contribution in [0.1, 0.15) is 39.0 Å². The third-order valence-electron chi connectivity index (χ3n) is 5.80. The number of hydrogen-bond donors (Lipinski definition) is 1. The zero-order valence-corrected chi connectivity index (χ0v) is 17.9. The van der Waals surface area contributed by atoms with Crippen LogP contribution in [0.2, 0.25) is 0 Å². The highest BCUT2D eigenvalue weighted by atomic mass is 19.4. The Labute approximate surface area is 188 Å². The number of amides is 2. The maximum atomic E-state index is 13.5. The Morgan fingerprint density at radius 3 is 2.21 bits per heavy atom. The van der Waals surface area contributed by atoms with Gasteiger partial charge in [0.15, 0.2) is 0 Å². The molecule has 0 fully saturated rings. The van der Waals surface area contributed by atoms with E-state index < -0.39 is 29.6 Å². The van der Waals surface area contributed by atoms with Crippen LogP contribution >= 0.6 is 0 Å². The molecule has 8 heteroatoms. The molecule has 170 valence electrons. The van der Waals surface area contributed by atoms with Crippen molar-refractivity contribution in [1.29, 1.82) is 0 Å². The van der Waals surface area contributed by atoms with Crippen LogP contribution in [-0.2, 0) is 11.0 Å². The van der Waals surface area contributed by atoms with Crippen LogP contribution in [-0.4, -0.2) is 30.9 Å². The molecule has 0 aliphatic carbocycles. The zero-order chi connectivity index (χ0) is 23.8. The maximum Gasteiger partial charge on any atom is 0.416 e. The molecule has 1 N–H and O–H groups in total. The summed E-state index contributed by atoms with van der Waals surface area (Å²) in [4.78, 5) is 28.0. The van der Waals surface area contributed by atoms with Crippen LogP contribution in [0.25, 0.3) is 0 Å². The molecule has 1 heterocycles. The first kappa shape index (κ1) is 22.4. The van der Waals surface area contributed by atoms with E-state index in [-0.39, 0.29) is 11.6 Å². The number of benzene rings is 3. The van der Waals surface area contributed by atoms with E-state index in [1.54, 1.807) is 62.7 Å². The van der Waals surface area contributed by atoms with Crippen LogP contribution in [0.3, 0.4) is 0 Å². The van der Waals surface area contributed by atoms with E-state index in [1.807, 2.05) is 0 Å². The molecular formula is C25H21F3N2O3. The van der Waals surface area contributed by atoms with E-state index in [0.29, 0.717) is 16.9 Å². The minimum atomic E-state index is -4.46. The summed E-state index contributed by atoms with van der Waals surface area (Å²) in [7, 11) is 3.17. The number of anilines is 1. The van der Waals surface area contributed by atoms with Gasteiger partial charge >= 0.3 is 6.18 Å². The fraction of sp³-hybridized carbons (Fsp3) is 0.200. The number of rotatable bonds is 4. The number of alkyl halides is 3. The largest absolute Gasteiger partial charge is 0.497 e. The highest BCUT2D eigenvalue weighted by molar-refractivity contribution is 6.04. The molecule has 1 aliphatic rings. The molecular weight excluding hydrogens is 433 g/mol. The van der Waals surface area contributed by atoms with Gasteiger partial charge in [0.2, 0.25) is 5.91 Å². The van der Waals surface area contributed by atoms with Crippen molar-refractivity contribution in [3.8, 4) is 5.75 Å². The Balaban J connectivity index is 1.73. The lowest BCUT2D eigenvalue weighted by Crippen LogP contribution is -2.44. The highest BCUT2D eigenvalue weighted by Gasteiger charge is 2.42. The molecule has 3 aromatic carbocycles. The summed E-state index contributed by atoms with van der Waals surface area (Å²) in [5.41, 5.74) is 1.14. The molecule has 0 aromatic heterocycles. The topological polar surface area (TPSA) is 58.6 Å². The Kier molecular flexibility index (Phi) is 5.84. The number of nitrogens with zero attached hydrogens (tertiary/aromatic N) is 1. The first-order valence-corrected chi connectivity index (χ1v) is 10.2. The number of ether oxygens (including phenoxy) is 1. The van der Waals surface area contributed by atoms with Crippen molar-refractivity contribution in [2.45, 2.75) is 18.1 Å². The summed E-state index contributed by atoms with van der Waals surface area (Å²) >= 11 is 0. The van der Waals surface area contributed by atoms with Crippen LogP contribution in [0.4, 0.5) is 18.9 Å². The number of likely N-dealkylation sites (N-methyl/N-ethyl adjacent to an activating group) is 1. The SMILES string of the molecule is COc1ccc(C2C(C(=O)Nc3ccc(C(F)(F)F)cc3)c3ccccc3C(=O)N2C)cc1. The molecule has 2 amide bonds. The second-order valence-corrected chi connectivity index (χ2v) is 7.76. The van der Waals surface area contributed by atoms with Crippen LogP contribution in [0.15, 0.2) is 72.8 Å². The number of nitrogens with one attached hydrogen (secondary N) is 1. The molecule has 0 spiro atoms. The number of fused-ring (bicyclic) bond motifs is 1. The molecule has 4 rings (SSSR count). The van der Waals surface area contributed by atoms with Gasteiger partial charge in [0.25, 0.3) is 5.91 Å². The van der Waals surface area contributed by atoms with E-state index in [0.717, 1.165) is 17.7 Å². The van der Waals surface area contributed by atoms with Gasteiger partial charge in [-0.2, -0.15) is 13.2 Å². The molecule has 1 aliphatic heterocycles. The first-order chi connectivity index (χ1) is 15.7. The molecule has 0 saturated carbocycles. The van der Waals surface area contributed by atoms with Crippen molar-refractivity contribution in [1.82, 2.24) is 4.90 Å². The van der Waals surface area contributed by atoms with Gasteiger partial charge in [-0.3, -0.25) is 9.59 Å². The van der Waals surface area contributed by atoms with E-state index in [4.69, 9.17) is 4.74 Å². The van der Waals surface area contributed by atoms with E-state index in [1.165, 1.54) is 17.0 Å². The van der Waals surface area contributed by atoms with Crippen LogP contribution < -0.4 is 10.1 Å². The van der Waals surface area contributed by atoms with Gasteiger partial charge in [-0.1, -0.05) is 30.3 Å². The fourth-order valence-corrected chi connectivity index (χ4v) is 4.14. The van der Waals surface area contributed by atoms with E-state index in [9.17, 15) is 22.8 Å². The number of methoxy groups -OCH3 is 1. The van der Waals surface area contributed by atoms with Crippen molar-refractivity contribution >= 4 is 17.5 Å². The Morgan fingerprint density at radius 2 is 1.61 bits per heavy atom. The monoisotopic (exact) mass is 454 g/mol. The predicted octanol–water partition coefficient (Wildman–Crippen LogP) is 5.26. The standard InChI is InChI=1S/C25H21F3N2O3/c1-30-22(15-7-13-18(33-2)14-8-15)21(19-5-3-4-6-20(19)24(30)32)23(31)29-17-11-9-16(10-12-17)25(26,27)28/h3-14,21-22H,1-2H3,(H,29,31). The van der Waals surface area contributed by atoms with Gasteiger partial charge < -0.3 is 15.0 Å². The lowest BCUT2D eigenvalue weighted by atomic mass is 9.79. The Hall–Kier alpha value is -3.81. The quantitative estimate of drug-likeness (QED) is 0.585. The third-order valence-corrected chi connectivity index (χ3v) is 5.80. The summed E-state index contributed by atoms with van der Waals surface area (Å²) in [6.45, 7) is 0. The van der Waals surface area contributed by atoms with Gasteiger partial charge in [-0.15, -0.1) is 0 Å². The number of halogens is 3. The first-order valence-electron chi connectivity index (χ1n) is 10.2.